The van der Waals surface area contributed by atoms with E-state index in [0.717, 1.165) is 35.7 Å². The molecule has 1 aliphatic rings. The van der Waals surface area contributed by atoms with Gasteiger partial charge in [-0.3, -0.25) is 0 Å². The molecule has 4 nitrogen and oxygen atoms in total. The van der Waals surface area contributed by atoms with E-state index in [1.54, 1.807) is 15.6 Å². The highest BCUT2D eigenvalue weighted by atomic mass is 32.2. The lowest BCUT2D eigenvalue weighted by Crippen LogP contribution is -2.36. The Kier molecular flexibility index (Phi) is 5.46. The van der Waals surface area contributed by atoms with E-state index in [2.05, 4.69) is 26.1 Å². The van der Waals surface area contributed by atoms with Gasteiger partial charge in [0.25, 0.3) is 0 Å². The number of sulfonamides is 1. The molecule has 6 heteroatoms. The van der Waals surface area contributed by atoms with Crippen LogP contribution in [0.1, 0.15) is 43.4 Å². The first-order valence-corrected chi connectivity index (χ1v) is 9.93. The molecule has 0 bridgehead atoms. The molecule has 0 aliphatic heterocycles. The first-order valence-electron chi connectivity index (χ1n) is 7.68. The zero-order chi connectivity index (χ0) is 15.6. The van der Waals surface area contributed by atoms with Gasteiger partial charge in [-0.1, -0.05) is 20.8 Å². The SMILES string of the molecule is CCNCc1cc(S(=O)(=O)N(CC(C)C)C2CC2)c(C)s1. The van der Waals surface area contributed by atoms with Crippen molar-refractivity contribution >= 4 is 21.4 Å². The van der Waals surface area contributed by atoms with E-state index in [9.17, 15) is 8.42 Å². The van der Waals surface area contributed by atoms with Crippen molar-refractivity contribution in [2.45, 2.75) is 58.0 Å². The van der Waals surface area contributed by atoms with E-state index in [0.29, 0.717) is 17.4 Å². The van der Waals surface area contributed by atoms with Crippen molar-refractivity contribution in [1.29, 1.82) is 0 Å². The highest BCUT2D eigenvalue weighted by Crippen LogP contribution is 2.35. The highest BCUT2D eigenvalue weighted by molar-refractivity contribution is 7.89. The summed E-state index contributed by atoms with van der Waals surface area (Å²) in [5, 5.41) is 3.26. The lowest BCUT2D eigenvalue weighted by atomic mass is 10.2. The summed E-state index contributed by atoms with van der Waals surface area (Å²) in [4.78, 5) is 2.50. The molecule has 0 atom stereocenters. The maximum atomic E-state index is 13.0. The standard InChI is InChI=1S/C15H26N2O2S2/c1-5-16-9-14-8-15(12(4)20-14)21(18,19)17(10-11(2)3)13-6-7-13/h8,11,13,16H,5-7,9-10H2,1-4H3. The second-order valence-corrected chi connectivity index (χ2v) is 9.31. The third-order valence-corrected chi connectivity index (χ3v) is 6.78. The summed E-state index contributed by atoms with van der Waals surface area (Å²) in [6, 6.07) is 2.07. The average Bonchev–Trinajstić information content (AvgIpc) is 3.16. The second-order valence-electron chi connectivity index (χ2n) is 6.11. The lowest BCUT2D eigenvalue weighted by molar-refractivity contribution is 0.360. The third kappa shape index (κ3) is 4.06. The minimum atomic E-state index is -3.35. The Hall–Kier alpha value is -0.430. The van der Waals surface area contributed by atoms with Gasteiger partial charge in [0, 0.05) is 28.9 Å². The largest absolute Gasteiger partial charge is 0.312 e. The summed E-state index contributed by atoms with van der Waals surface area (Å²) >= 11 is 1.58. The van der Waals surface area contributed by atoms with Crippen molar-refractivity contribution in [3.63, 3.8) is 0 Å². The fourth-order valence-electron chi connectivity index (χ4n) is 2.41. The predicted molar refractivity (Wildman–Crippen MR) is 88.2 cm³/mol. The van der Waals surface area contributed by atoms with E-state index < -0.39 is 10.0 Å². The molecule has 1 aliphatic carbocycles. The quantitative estimate of drug-likeness (QED) is 0.797. The van der Waals surface area contributed by atoms with E-state index in [-0.39, 0.29) is 6.04 Å². The molecule has 1 aromatic heterocycles. The normalized spacial score (nSPS) is 16.1. The molecular formula is C15H26N2O2S2. The molecule has 1 aromatic rings. The van der Waals surface area contributed by atoms with Gasteiger partial charge in [0.05, 0.1) is 4.90 Å². The van der Waals surface area contributed by atoms with E-state index in [1.165, 1.54) is 0 Å². The van der Waals surface area contributed by atoms with Crippen LogP contribution in [0.25, 0.3) is 0 Å². The topological polar surface area (TPSA) is 49.4 Å². The first kappa shape index (κ1) is 16.9. The number of hydrogen-bond donors (Lipinski definition) is 1. The predicted octanol–water partition coefficient (Wildman–Crippen LogP) is 2.98. The van der Waals surface area contributed by atoms with Crippen molar-refractivity contribution in [3.8, 4) is 0 Å². The van der Waals surface area contributed by atoms with E-state index in [4.69, 9.17) is 0 Å². The molecule has 0 radical (unpaired) electrons. The molecule has 0 spiro atoms. The van der Waals surface area contributed by atoms with Crippen molar-refractivity contribution in [3.05, 3.63) is 15.8 Å². The smallest absolute Gasteiger partial charge is 0.244 e. The van der Waals surface area contributed by atoms with Crippen LogP contribution in [-0.4, -0.2) is 31.9 Å². The monoisotopic (exact) mass is 330 g/mol. The third-order valence-electron chi connectivity index (χ3n) is 3.56. The van der Waals surface area contributed by atoms with Gasteiger partial charge in [0.2, 0.25) is 10.0 Å². The van der Waals surface area contributed by atoms with Gasteiger partial charge < -0.3 is 5.32 Å². The van der Waals surface area contributed by atoms with Crippen molar-refractivity contribution in [1.82, 2.24) is 9.62 Å². The van der Waals surface area contributed by atoms with Crippen molar-refractivity contribution in [2.24, 2.45) is 5.92 Å². The molecular weight excluding hydrogens is 304 g/mol. The fraction of sp³-hybridized carbons (Fsp3) is 0.733. The molecule has 2 rings (SSSR count). The minimum Gasteiger partial charge on any atom is -0.312 e. The molecule has 1 saturated carbocycles. The van der Waals surface area contributed by atoms with Gasteiger partial charge in [-0.15, -0.1) is 11.3 Å². The Morgan fingerprint density at radius 3 is 2.62 bits per heavy atom. The minimum absolute atomic E-state index is 0.217. The van der Waals surface area contributed by atoms with Crippen LogP contribution < -0.4 is 5.32 Å². The molecule has 1 N–H and O–H groups in total. The number of rotatable bonds is 8. The summed E-state index contributed by atoms with van der Waals surface area (Å²) in [6.07, 6.45) is 2.00. The van der Waals surface area contributed by atoms with Crippen LogP contribution in [0, 0.1) is 12.8 Å². The van der Waals surface area contributed by atoms with Gasteiger partial charge in [0.15, 0.2) is 0 Å². The zero-order valence-electron chi connectivity index (χ0n) is 13.3. The van der Waals surface area contributed by atoms with Crippen LogP contribution in [0.4, 0.5) is 0 Å². The Balaban J connectivity index is 2.26. The van der Waals surface area contributed by atoms with Crippen LogP contribution in [0.15, 0.2) is 11.0 Å². The molecule has 120 valence electrons. The van der Waals surface area contributed by atoms with Crippen LogP contribution in [-0.2, 0) is 16.6 Å². The Bertz CT molecular complexity index is 574. The van der Waals surface area contributed by atoms with E-state index >= 15 is 0 Å². The van der Waals surface area contributed by atoms with Gasteiger partial charge in [0.1, 0.15) is 0 Å². The Morgan fingerprint density at radius 2 is 2.10 bits per heavy atom. The van der Waals surface area contributed by atoms with E-state index in [1.807, 2.05) is 13.0 Å². The van der Waals surface area contributed by atoms with Crippen LogP contribution in [0.3, 0.4) is 0 Å². The summed E-state index contributed by atoms with van der Waals surface area (Å²) in [5.74, 6) is 0.348. The summed E-state index contributed by atoms with van der Waals surface area (Å²) in [6.45, 7) is 10.4. The molecule has 0 amide bonds. The molecule has 0 unspecified atom stereocenters. The number of hydrogen-bond acceptors (Lipinski definition) is 4. The number of thiophene rings is 1. The van der Waals surface area contributed by atoms with Gasteiger partial charge in [-0.25, -0.2) is 8.42 Å². The number of nitrogens with zero attached hydrogens (tertiary/aromatic N) is 1. The summed E-state index contributed by atoms with van der Waals surface area (Å²) < 4.78 is 27.7. The second kappa shape index (κ2) is 6.77. The van der Waals surface area contributed by atoms with Crippen LogP contribution >= 0.6 is 11.3 Å². The van der Waals surface area contributed by atoms with Gasteiger partial charge >= 0.3 is 0 Å². The molecule has 0 saturated heterocycles. The first-order chi connectivity index (χ1) is 9.86. The molecule has 0 aromatic carbocycles. The summed E-state index contributed by atoms with van der Waals surface area (Å²) in [5.41, 5.74) is 0. The van der Waals surface area contributed by atoms with Crippen molar-refractivity contribution in [2.75, 3.05) is 13.1 Å². The fourth-order valence-corrected chi connectivity index (χ4v) is 5.83. The number of aryl methyl sites for hydroxylation is 1. The highest BCUT2D eigenvalue weighted by Gasteiger charge is 2.39. The molecule has 1 heterocycles. The molecule has 1 fully saturated rings. The number of nitrogens with one attached hydrogen (secondary N) is 1. The summed E-state index contributed by atoms with van der Waals surface area (Å²) in [7, 11) is -3.35. The average molecular weight is 331 g/mol. The van der Waals surface area contributed by atoms with Gasteiger partial charge in [-0.2, -0.15) is 4.31 Å². The maximum absolute atomic E-state index is 13.0. The van der Waals surface area contributed by atoms with Crippen molar-refractivity contribution < 1.29 is 8.42 Å². The van der Waals surface area contributed by atoms with Gasteiger partial charge in [-0.05, 0) is 38.3 Å². The van der Waals surface area contributed by atoms with Crippen LogP contribution in [0.2, 0.25) is 0 Å². The van der Waals surface area contributed by atoms with Crippen LogP contribution in [0.5, 0.6) is 0 Å². The Labute approximate surface area is 132 Å². The Morgan fingerprint density at radius 1 is 1.43 bits per heavy atom. The zero-order valence-corrected chi connectivity index (χ0v) is 15.0. The lowest BCUT2D eigenvalue weighted by Gasteiger charge is -2.23. The molecule has 21 heavy (non-hydrogen) atoms. The maximum Gasteiger partial charge on any atom is 0.244 e.